The van der Waals surface area contributed by atoms with Crippen molar-refractivity contribution >= 4 is 18.1 Å². The molecule has 0 saturated heterocycles. The highest BCUT2D eigenvalue weighted by Gasteiger charge is 2.38. The summed E-state index contributed by atoms with van der Waals surface area (Å²) in [7, 11) is -5.54. The summed E-state index contributed by atoms with van der Waals surface area (Å²) in [5, 5.41) is 0. The second-order valence-corrected chi connectivity index (χ2v) is 8.06. The van der Waals surface area contributed by atoms with Crippen molar-refractivity contribution in [3.63, 3.8) is 0 Å². The molecule has 0 bridgehead atoms. The van der Waals surface area contributed by atoms with E-state index in [2.05, 4.69) is 4.58 Å². The quantitative estimate of drug-likeness (QED) is 0.323. The zero-order valence-electron chi connectivity index (χ0n) is 10.7. The van der Waals surface area contributed by atoms with Gasteiger partial charge in [0.2, 0.25) is 9.04 Å². The van der Waals surface area contributed by atoms with Gasteiger partial charge in [0.05, 0.1) is 0 Å². The van der Waals surface area contributed by atoms with E-state index in [1.54, 1.807) is 0 Å². The summed E-state index contributed by atoms with van der Waals surface area (Å²) in [6.45, 7) is 3.96. The molecule has 0 aliphatic heterocycles. The lowest BCUT2D eigenvalue weighted by Gasteiger charge is -2.17. The van der Waals surface area contributed by atoms with Crippen LogP contribution in [-0.4, -0.2) is 34.3 Å². The lowest BCUT2D eigenvalue weighted by Crippen LogP contribution is -2.44. The van der Waals surface area contributed by atoms with E-state index in [4.69, 9.17) is 9.00 Å². The number of benzene rings is 1. The van der Waals surface area contributed by atoms with Crippen LogP contribution in [0.2, 0.25) is 13.1 Å². The molecule has 0 heterocycles. The number of aryl methyl sites for hydroxylation is 1. The number of hydrogen-bond acceptors (Lipinski definition) is 5. The Morgan fingerprint density at radius 3 is 2.44 bits per heavy atom. The monoisotopic (exact) mass is 288 g/mol. The van der Waals surface area contributed by atoms with Gasteiger partial charge in [0.15, 0.2) is 0 Å². The summed E-state index contributed by atoms with van der Waals surface area (Å²) in [6, 6.07) is 9.94. The van der Waals surface area contributed by atoms with E-state index >= 15 is 0 Å². The first-order valence-electron chi connectivity index (χ1n) is 5.97. The molecular weight excluding hydrogens is 268 g/mol. The average Bonchev–Trinajstić information content (AvgIpc) is 2.34. The van der Waals surface area contributed by atoms with Gasteiger partial charge < -0.3 is 14.0 Å². The Morgan fingerprint density at radius 2 is 1.83 bits per heavy atom. The Morgan fingerprint density at radius 1 is 1.17 bits per heavy atom. The van der Waals surface area contributed by atoms with E-state index in [0.29, 0.717) is 6.42 Å². The molecule has 1 aromatic carbocycles. The molecule has 0 spiro atoms. The minimum Gasteiger partial charge on any atom is -0.366 e. The van der Waals surface area contributed by atoms with Crippen molar-refractivity contribution < 1.29 is 23.2 Å². The normalized spacial score (nSPS) is 12.1. The van der Waals surface area contributed by atoms with Crippen LogP contribution in [0.3, 0.4) is 0 Å². The highest BCUT2D eigenvalue weighted by Crippen LogP contribution is 2.05. The van der Waals surface area contributed by atoms with Crippen LogP contribution in [0.5, 0.6) is 0 Å². The van der Waals surface area contributed by atoms with Crippen molar-refractivity contribution in [3.05, 3.63) is 35.9 Å². The third kappa shape index (κ3) is 7.01. The molecule has 18 heavy (non-hydrogen) atoms. The van der Waals surface area contributed by atoms with Gasteiger partial charge in [0.1, 0.15) is 0 Å². The summed E-state index contributed by atoms with van der Waals surface area (Å²) in [6.07, 6.45) is 1.52. The lowest BCUT2D eigenvalue weighted by molar-refractivity contribution is -0.189. The Kier molecular flexibility index (Phi) is 6.72. The van der Waals surface area contributed by atoms with Crippen LogP contribution in [0.15, 0.2) is 30.3 Å². The summed E-state index contributed by atoms with van der Waals surface area (Å²) >= 11 is 0. The van der Waals surface area contributed by atoms with Crippen LogP contribution in [0.1, 0.15) is 12.0 Å². The number of rotatable bonds is 8. The van der Waals surface area contributed by atoms with Gasteiger partial charge in [-0.3, -0.25) is 4.58 Å². The third-order valence-electron chi connectivity index (χ3n) is 2.09. The average molecular weight is 288 g/mol. The summed E-state index contributed by atoms with van der Waals surface area (Å²) in [5.74, 6) is 0. The first-order chi connectivity index (χ1) is 8.49. The Bertz CT molecular complexity index is 331. The maximum atomic E-state index is 9.41. The maximum absolute atomic E-state index is 9.41. The van der Waals surface area contributed by atoms with Crippen LogP contribution in [0.4, 0.5) is 0 Å². The van der Waals surface area contributed by atoms with Crippen molar-refractivity contribution in [2.75, 3.05) is 6.61 Å². The van der Waals surface area contributed by atoms with Crippen molar-refractivity contribution in [1.82, 2.24) is 0 Å². The van der Waals surface area contributed by atoms with E-state index in [-0.39, 0.29) is 6.61 Å². The molecule has 0 unspecified atom stereocenters. The Balaban J connectivity index is 2.17. The molecule has 5 nitrogen and oxygen atoms in total. The van der Waals surface area contributed by atoms with E-state index in [1.807, 2.05) is 43.4 Å². The lowest BCUT2D eigenvalue weighted by atomic mass is 10.1. The van der Waals surface area contributed by atoms with E-state index < -0.39 is 18.1 Å². The van der Waals surface area contributed by atoms with Crippen LogP contribution in [0.25, 0.3) is 0 Å². The van der Waals surface area contributed by atoms with Crippen LogP contribution < -0.4 is 0 Å². The third-order valence-corrected chi connectivity index (χ3v) is 3.66. The number of hydrogen-bond donors (Lipinski definition) is 2. The minimum absolute atomic E-state index is 0.233. The van der Waals surface area contributed by atoms with Gasteiger partial charge in [-0.05, 0) is 31.5 Å². The van der Waals surface area contributed by atoms with Crippen molar-refractivity contribution in [3.8, 4) is 0 Å². The fourth-order valence-corrected chi connectivity index (χ4v) is 3.04. The standard InChI is InChI=1S/C11H20O5Si2/c1-17(2)15-16-18(12,13)14-10-6-9-11-7-4-3-5-8-11/h3-5,7-8,12-13,17H,6,9-10H2,1-2H3. The smallest absolute Gasteiger partial charge is 0.366 e. The fraction of sp³-hybridized carbons (Fsp3) is 0.455. The predicted octanol–water partition coefficient (Wildman–Crippen LogP) is 0.988. The van der Waals surface area contributed by atoms with Gasteiger partial charge in [-0.1, -0.05) is 30.3 Å². The van der Waals surface area contributed by atoms with Crippen LogP contribution >= 0.6 is 0 Å². The molecule has 0 atom stereocenters. The fourth-order valence-electron chi connectivity index (χ4n) is 1.31. The minimum atomic E-state index is -4.09. The molecule has 1 aromatic rings. The zero-order valence-corrected chi connectivity index (χ0v) is 12.9. The maximum Gasteiger partial charge on any atom is 0.701 e. The summed E-state index contributed by atoms with van der Waals surface area (Å²) < 4.78 is 14.3. The van der Waals surface area contributed by atoms with Crippen LogP contribution in [-0.2, 0) is 20.0 Å². The van der Waals surface area contributed by atoms with Gasteiger partial charge in [-0.25, -0.2) is 4.58 Å². The van der Waals surface area contributed by atoms with Crippen molar-refractivity contribution in [1.29, 1.82) is 0 Å². The Labute approximate surface area is 110 Å². The largest absolute Gasteiger partial charge is 0.701 e. The molecular formula is C11H20O5Si2. The van der Waals surface area contributed by atoms with Gasteiger partial charge in [0, 0.05) is 6.61 Å². The molecule has 0 aliphatic rings. The van der Waals surface area contributed by atoms with Crippen molar-refractivity contribution in [2.45, 2.75) is 25.9 Å². The molecule has 0 amide bonds. The first-order valence-corrected chi connectivity index (χ1v) is 10.5. The SMILES string of the molecule is C[SiH](C)OO[Si](O)(O)OCCCc1ccccc1. The van der Waals surface area contributed by atoms with Gasteiger partial charge >= 0.3 is 9.05 Å². The molecule has 0 fully saturated rings. The van der Waals surface area contributed by atoms with Crippen molar-refractivity contribution in [2.24, 2.45) is 0 Å². The summed E-state index contributed by atoms with van der Waals surface area (Å²) in [5.41, 5.74) is 1.19. The van der Waals surface area contributed by atoms with Gasteiger partial charge in [-0.2, -0.15) is 0 Å². The van der Waals surface area contributed by atoms with E-state index in [9.17, 15) is 9.59 Å². The van der Waals surface area contributed by atoms with Crippen LogP contribution in [0, 0.1) is 0 Å². The molecule has 0 aliphatic carbocycles. The second-order valence-electron chi connectivity index (χ2n) is 4.21. The second kappa shape index (κ2) is 7.79. The van der Waals surface area contributed by atoms with Gasteiger partial charge in [-0.15, -0.1) is 0 Å². The summed E-state index contributed by atoms with van der Waals surface area (Å²) in [4.78, 5) is 18.8. The first kappa shape index (κ1) is 15.5. The zero-order chi connectivity index (χ0) is 13.4. The predicted molar refractivity (Wildman–Crippen MR) is 72.0 cm³/mol. The Hall–Kier alpha value is -0.546. The molecule has 102 valence electrons. The van der Waals surface area contributed by atoms with E-state index in [1.165, 1.54) is 5.56 Å². The molecule has 0 aromatic heterocycles. The highest BCUT2D eigenvalue weighted by molar-refractivity contribution is 6.52. The molecule has 0 radical (unpaired) electrons. The molecule has 1 rings (SSSR count). The van der Waals surface area contributed by atoms with Gasteiger partial charge in [0.25, 0.3) is 0 Å². The topological polar surface area (TPSA) is 68.2 Å². The molecule has 2 N–H and O–H groups in total. The molecule has 0 saturated carbocycles. The molecule has 7 heteroatoms. The highest BCUT2D eigenvalue weighted by atomic mass is 28.4. The van der Waals surface area contributed by atoms with E-state index in [0.717, 1.165) is 6.42 Å².